The van der Waals surface area contributed by atoms with Crippen LogP contribution in [0, 0.1) is 0 Å². The van der Waals surface area contributed by atoms with E-state index in [2.05, 4.69) is 0 Å². The highest BCUT2D eigenvalue weighted by atomic mass is 35.5. The van der Waals surface area contributed by atoms with Crippen LogP contribution in [-0.4, -0.2) is 45.4 Å². The van der Waals surface area contributed by atoms with E-state index in [9.17, 15) is 13.2 Å². The molecule has 1 amide bonds. The highest BCUT2D eigenvalue weighted by molar-refractivity contribution is 7.89. The molecule has 0 aliphatic carbocycles. The van der Waals surface area contributed by atoms with Crippen molar-refractivity contribution in [3.8, 4) is 0 Å². The molecule has 0 bridgehead atoms. The maximum Gasteiger partial charge on any atom is 0.243 e. The van der Waals surface area contributed by atoms with Gasteiger partial charge in [0.25, 0.3) is 0 Å². The molecular formula is C11H15ClN2O4S. The number of carbonyl (C=O) groups is 1. The Balaban J connectivity index is 3.07. The molecule has 0 radical (unpaired) electrons. The highest BCUT2D eigenvalue weighted by Crippen LogP contribution is 2.19. The number of sulfonamides is 1. The Morgan fingerprint density at radius 3 is 2.68 bits per heavy atom. The third-order valence-electron chi connectivity index (χ3n) is 2.31. The third-order valence-corrected chi connectivity index (χ3v) is 4.39. The minimum atomic E-state index is -3.82. The van der Waals surface area contributed by atoms with Gasteiger partial charge in [0.15, 0.2) is 0 Å². The molecule has 1 aromatic rings. The first-order chi connectivity index (χ1) is 8.87. The van der Waals surface area contributed by atoms with Gasteiger partial charge in [-0.2, -0.15) is 4.31 Å². The molecule has 106 valence electrons. The van der Waals surface area contributed by atoms with Crippen molar-refractivity contribution >= 4 is 27.5 Å². The number of benzene rings is 1. The monoisotopic (exact) mass is 306 g/mol. The normalized spacial score (nSPS) is 11.7. The largest absolute Gasteiger partial charge is 0.383 e. The van der Waals surface area contributed by atoms with Gasteiger partial charge in [-0.15, -0.1) is 0 Å². The van der Waals surface area contributed by atoms with Crippen molar-refractivity contribution in [2.75, 3.05) is 26.8 Å². The van der Waals surface area contributed by atoms with Gasteiger partial charge in [0.2, 0.25) is 15.9 Å². The summed E-state index contributed by atoms with van der Waals surface area (Å²) in [6, 6.07) is 5.81. The van der Waals surface area contributed by atoms with Crippen LogP contribution in [0.15, 0.2) is 29.2 Å². The van der Waals surface area contributed by atoms with Gasteiger partial charge >= 0.3 is 0 Å². The molecular weight excluding hydrogens is 292 g/mol. The molecule has 0 fully saturated rings. The van der Waals surface area contributed by atoms with E-state index in [1.165, 1.54) is 25.3 Å². The zero-order valence-corrected chi connectivity index (χ0v) is 11.9. The predicted molar refractivity (Wildman–Crippen MR) is 71.3 cm³/mol. The van der Waals surface area contributed by atoms with Crippen molar-refractivity contribution < 1.29 is 17.9 Å². The molecule has 2 N–H and O–H groups in total. The lowest BCUT2D eigenvalue weighted by atomic mass is 10.4. The first kappa shape index (κ1) is 15.9. The smallest absolute Gasteiger partial charge is 0.243 e. The average Bonchev–Trinajstić information content (AvgIpc) is 2.34. The fourth-order valence-electron chi connectivity index (χ4n) is 1.43. The lowest BCUT2D eigenvalue weighted by Gasteiger charge is -2.20. The number of ether oxygens (including phenoxy) is 1. The van der Waals surface area contributed by atoms with Gasteiger partial charge in [-0.1, -0.05) is 17.7 Å². The zero-order valence-electron chi connectivity index (χ0n) is 10.4. The topological polar surface area (TPSA) is 89.7 Å². The van der Waals surface area contributed by atoms with E-state index >= 15 is 0 Å². The highest BCUT2D eigenvalue weighted by Gasteiger charge is 2.25. The second kappa shape index (κ2) is 6.85. The molecule has 0 saturated carbocycles. The fraction of sp³-hybridized carbons (Fsp3) is 0.364. The molecule has 1 rings (SSSR count). The fourth-order valence-corrected chi connectivity index (χ4v) is 3.12. The van der Waals surface area contributed by atoms with Crippen LogP contribution in [0.2, 0.25) is 5.02 Å². The van der Waals surface area contributed by atoms with Gasteiger partial charge in [-0.05, 0) is 18.2 Å². The lowest BCUT2D eigenvalue weighted by Crippen LogP contribution is -2.40. The summed E-state index contributed by atoms with van der Waals surface area (Å²) >= 11 is 5.77. The second-order valence-corrected chi connectivity index (χ2v) is 6.13. The van der Waals surface area contributed by atoms with Crippen molar-refractivity contribution in [2.45, 2.75) is 4.90 Å². The van der Waals surface area contributed by atoms with E-state index in [0.717, 1.165) is 4.31 Å². The first-order valence-corrected chi connectivity index (χ1v) is 7.22. The summed E-state index contributed by atoms with van der Waals surface area (Å²) in [6.07, 6.45) is 0. The zero-order chi connectivity index (χ0) is 14.5. The van der Waals surface area contributed by atoms with Crippen LogP contribution in [0.25, 0.3) is 0 Å². The van der Waals surface area contributed by atoms with E-state index in [0.29, 0.717) is 5.02 Å². The number of amides is 1. The van der Waals surface area contributed by atoms with Gasteiger partial charge in [0, 0.05) is 18.7 Å². The van der Waals surface area contributed by atoms with E-state index in [-0.39, 0.29) is 18.0 Å². The van der Waals surface area contributed by atoms with Gasteiger partial charge in [0.1, 0.15) is 0 Å². The summed E-state index contributed by atoms with van der Waals surface area (Å²) in [7, 11) is -2.38. The van der Waals surface area contributed by atoms with E-state index in [1.54, 1.807) is 6.07 Å². The van der Waals surface area contributed by atoms with Crippen LogP contribution in [0.5, 0.6) is 0 Å². The molecule has 8 heteroatoms. The van der Waals surface area contributed by atoms with Gasteiger partial charge in [-0.3, -0.25) is 4.79 Å². The Labute approximate surface area is 117 Å². The maximum absolute atomic E-state index is 12.3. The summed E-state index contributed by atoms with van der Waals surface area (Å²) in [5.41, 5.74) is 5.06. The van der Waals surface area contributed by atoms with Gasteiger partial charge < -0.3 is 10.5 Å². The molecule has 0 spiro atoms. The van der Waals surface area contributed by atoms with Crippen LogP contribution in [0.1, 0.15) is 0 Å². The third kappa shape index (κ3) is 4.46. The molecule has 0 aliphatic heterocycles. The molecule has 19 heavy (non-hydrogen) atoms. The Kier molecular flexibility index (Phi) is 5.74. The van der Waals surface area contributed by atoms with Gasteiger partial charge in [-0.25, -0.2) is 8.42 Å². The number of halogens is 1. The Morgan fingerprint density at radius 1 is 1.47 bits per heavy atom. The molecule has 0 heterocycles. The summed E-state index contributed by atoms with van der Waals surface area (Å²) in [6.45, 7) is -0.209. The number of methoxy groups -OCH3 is 1. The molecule has 0 unspecified atom stereocenters. The number of hydrogen-bond donors (Lipinski definition) is 1. The van der Waals surface area contributed by atoms with Crippen LogP contribution < -0.4 is 5.73 Å². The summed E-state index contributed by atoms with van der Waals surface area (Å²) < 4.78 is 30.4. The lowest BCUT2D eigenvalue weighted by molar-refractivity contribution is -0.118. The van der Waals surface area contributed by atoms with E-state index in [4.69, 9.17) is 22.1 Å². The molecule has 0 atom stereocenters. The van der Waals surface area contributed by atoms with Crippen molar-refractivity contribution in [2.24, 2.45) is 5.73 Å². The molecule has 0 aliphatic rings. The number of nitrogens with two attached hydrogens (primary N) is 1. The summed E-state index contributed by atoms with van der Waals surface area (Å²) in [4.78, 5) is 11.0. The number of hydrogen-bond acceptors (Lipinski definition) is 4. The SMILES string of the molecule is COCCN(CC(N)=O)S(=O)(=O)c1cccc(Cl)c1. The van der Waals surface area contributed by atoms with Crippen LogP contribution in [0.4, 0.5) is 0 Å². The van der Waals surface area contributed by atoms with Gasteiger partial charge in [0.05, 0.1) is 18.0 Å². The maximum atomic E-state index is 12.3. The van der Waals surface area contributed by atoms with Crippen molar-refractivity contribution in [1.29, 1.82) is 0 Å². The summed E-state index contributed by atoms with van der Waals surface area (Å²) in [5.74, 6) is -0.735. The van der Waals surface area contributed by atoms with E-state index in [1.807, 2.05) is 0 Å². The summed E-state index contributed by atoms with van der Waals surface area (Å²) in [5, 5.41) is 0.298. The minimum absolute atomic E-state index is 0.0114. The molecule has 1 aromatic carbocycles. The van der Waals surface area contributed by atoms with Crippen LogP contribution >= 0.6 is 11.6 Å². The van der Waals surface area contributed by atoms with Crippen LogP contribution in [-0.2, 0) is 19.6 Å². The average molecular weight is 307 g/mol. The Morgan fingerprint density at radius 2 is 2.16 bits per heavy atom. The molecule has 0 saturated heterocycles. The number of primary amides is 1. The molecule has 6 nitrogen and oxygen atoms in total. The second-order valence-electron chi connectivity index (χ2n) is 3.76. The Bertz CT molecular complexity index is 547. The quantitative estimate of drug-likeness (QED) is 0.792. The number of carbonyl (C=O) groups excluding carboxylic acids is 1. The number of rotatable bonds is 7. The van der Waals surface area contributed by atoms with Crippen LogP contribution in [0.3, 0.4) is 0 Å². The first-order valence-electron chi connectivity index (χ1n) is 5.41. The Hall–Kier alpha value is -1.15. The van der Waals surface area contributed by atoms with E-state index < -0.39 is 22.5 Å². The standard InChI is InChI=1S/C11H15ClN2O4S/c1-18-6-5-14(8-11(13)15)19(16,17)10-4-2-3-9(12)7-10/h2-4,7H,5-6,8H2,1H3,(H2,13,15). The molecule has 0 aromatic heterocycles. The predicted octanol–water partition coefficient (Wildman–Crippen LogP) is 0.462. The van der Waals surface area contributed by atoms with Crippen molar-refractivity contribution in [3.05, 3.63) is 29.3 Å². The van der Waals surface area contributed by atoms with Crippen molar-refractivity contribution in [3.63, 3.8) is 0 Å². The minimum Gasteiger partial charge on any atom is -0.383 e. The number of nitrogens with zero attached hydrogens (tertiary/aromatic N) is 1. The van der Waals surface area contributed by atoms with Crippen molar-refractivity contribution in [1.82, 2.24) is 4.31 Å².